The number of aldehydes is 1. The Hall–Kier alpha value is -2.92. The number of carbonyl (C=O) groups is 1. The average molecular weight is 351 g/mol. The molecular weight excluding hydrogens is 334 g/mol. The van der Waals surface area contributed by atoms with Gasteiger partial charge in [0.25, 0.3) is 10.0 Å². The Morgan fingerprint density at radius 3 is 1.80 bits per heavy atom. The molecule has 3 aromatic rings. The Balaban J connectivity index is 2.25. The third-order valence-electron chi connectivity index (χ3n) is 3.79. The van der Waals surface area contributed by atoms with Crippen molar-refractivity contribution in [2.24, 2.45) is 0 Å². The minimum absolute atomic E-state index is 0.0131. The van der Waals surface area contributed by atoms with Crippen LogP contribution in [0.1, 0.15) is 15.9 Å². The maximum absolute atomic E-state index is 13.4. The summed E-state index contributed by atoms with van der Waals surface area (Å²) in [6.07, 6.45) is 0.577. The van der Waals surface area contributed by atoms with E-state index in [4.69, 9.17) is 0 Å². The van der Waals surface area contributed by atoms with Crippen LogP contribution >= 0.6 is 0 Å². The van der Waals surface area contributed by atoms with Gasteiger partial charge in [-0.25, -0.2) is 12.7 Å². The summed E-state index contributed by atoms with van der Waals surface area (Å²) in [6.45, 7) is 1.82. The predicted octanol–water partition coefficient (Wildman–Crippen LogP) is 4.33. The fourth-order valence-electron chi connectivity index (χ4n) is 2.65. The monoisotopic (exact) mass is 351 g/mol. The summed E-state index contributed by atoms with van der Waals surface area (Å²) in [5.41, 5.74) is 1.99. The predicted molar refractivity (Wildman–Crippen MR) is 98.8 cm³/mol. The van der Waals surface area contributed by atoms with E-state index >= 15 is 0 Å². The smallest absolute Gasteiger partial charge is 0.269 e. The number of hydrogen-bond donors (Lipinski definition) is 0. The molecule has 126 valence electrons. The van der Waals surface area contributed by atoms with Crippen LogP contribution in [-0.2, 0) is 10.0 Å². The van der Waals surface area contributed by atoms with Gasteiger partial charge in [-0.1, -0.05) is 48.0 Å². The lowest BCUT2D eigenvalue weighted by Crippen LogP contribution is -2.27. The van der Waals surface area contributed by atoms with Crippen molar-refractivity contribution in [3.05, 3.63) is 90.0 Å². The number of hydrogen-bond acceptors (Lipinski definition) is 3. The zero-order valence-corrected chi connectivity index (χ0v) is 14.5. The largest absolute Gasteiger partial charge is 0.298 e. The third kappa shape index (κ3) is 3.32. The lowest BCUT2D eigenvalue weighted by molar-refractivity contribution is 0.112. The number of nitrogens with zero attached hydrogens (tertiary/aromatic N) is 1. The van der Waals surface area contributed by atoms with Crippen molar-refractivity contribution in [2.45, 2.75) is 11.8 Å². The molecule has 3 aromatic carbocycles. The SMILES string of the molecule is Cc1ccc(S(=O)(=O)N(c2ccccc2)c2ccccc2)c(C=O)c1. The van der Waals surface area contributed by atoms with Crippen molar-refractivity contribution in [1.29, 1.82) is 0 Å². The van der Waals surface area contributed by atoms with Crippen molar-refractivity contribution in [2.75, 3.05) is 4.31 Å². The second kappa shape index (κ2) is 6.91. The van der Waals surface area contributed by atoms with Crippen LogP contribution < -0.4 is 4.31 Å². The molecule has 0 amide bonds. The number of para-hydroxylation sites is 2. The van der Waals surface area contributed by atoms with Gasteiger partial charge in [0.1, 0.15) is 0 Å². The van der Waals surface area contributed by atoms with Gasteiger partial charge in [0.05, 0.1) is 16.3 Å². The minimum atomic E-state index is -3.96. The number of benzene rings is 3. The normalized spacial score (nSPS) is 11.1. The molecule has 25 heavy (non-hydrogen) atoms. The number of rotatable bonds is 5. The molecule has 0 radical (unpaired) electrons. The molecule has 0 saturated heterocycles. The molecule has 0 unspecified atom stereocenters. The van der Waals surface area contributed by atoms with Gasteiger partial charge in [0.2, 0.25) is 0 Å². The van der Waals surface area contributed by atoms with Crippen molar-refractivity contribution in [3.8, 4) is 0 Å². The summed E-state index contributed by atoms with van der Waals surface area (Å²) >= 11 is 0. The van der Waals surface area contributed by atoms with E-state index in [0.717, 1.165) is 5.56 Å². The number of sulfonamides is 1. The molecule has 0 spiro atoms. The first-order chi connectivity index (χ1) is 12.0. The zero-order valence-electron chi connectivity index (χ0n) is 13.7. The van der Waals surface area contributed by atoms with Crippen LogP contribution in [0.2, 0.25) is 0 Å². The fourth-order valence-corrected chi connectivity index (χ4v) is 4.29. The molecule has 0 heterocycles. The van der Waals surface area contributed by atoms with Crippen molar-refractivity contribution in [1.82, 2.24) is 0 Å². The van der Waals surface area contributed by atoms with Gasteiger partial charge in [0, 0.05) is 5.56 Å². The van der Waals surface area contributed by atoms with Gasteiger partial charge in [-0.3, -0.25) is 4.79 Å². The number of aryl methyl sites for hydroxylation is 1. The maximum atomic E-state index is 13.4. The summed E-state index contributed by atoms with van der Waals surface area (Å²) < 4.78 is 28.0. The highest BCUT2D eigenvalue weighted by Gasteiger charge is 2.28. The molecule has 3 rings (SSSR count). The summed E-state index contributed by atoms with van der Waals surface area (Å²) in [7, 11) is -3.96. The zero-order chi connectivity index (χ0) is 17.9. The number of anilines is 2. The van der Waals surface area contributed by atoms with Gasteiger partial charge in [-0.05, 0) is 43.3 Å². The van der Waals surface area contributed by atoms with Gasteiger partial charge < -0.3 is 0 Å². The first kappa shape index (κ1) is 16.9. The van der Waals surface area contributed by atoms with Gasteiger partial charge in [0.15, 0.2) is 6.29 Å². The molecule has 5 heteroatoms. The summed E-state index contributed by atoms with van der Waals surface area (Å²) in [4.78, 5) is 11.4. The lowest BCUT2D eigenvalue weighted by atomic mass is 10.2. The van der Waals surface area contributed by atoms with E-state index < -0.39 is 10.0 Å². The topological polar surface area (TPSA) is 54.5 Å². The summed E-state index contributed by atoms with van der Waals surface area (Å²) in [6, 6.07) is 22.4. The first-order valence-corrected chi connectivity index (χ1v) is 9.19. The Morgan fingerprint density at radius 1 is 0.800 bits per heavy atom. The van der Waals surface area contributed by atoms with Crippen LogP contribution in [-0.4, -0.2) is 14.7 Å². The van der Waals surface area contributed by atoms with Crippen molar-refractivity contribution >= 4 is 27.7 Å². The molecule has 0 fully saturated rings. The van der Waals surface area contributed by atoms with Crippen LogP contribution in [0.15, 0.2) is 83.8 Å². The molecule has 0 aliphatic carbocycles. The highest BCUT2D eigenvalue weighted by Crippen LogP contribution is 2.33. The quantitative estimate of drug-likeness (QED) is 0.643. The molecule has 0 aliphatic rings. The van der Waals surface area contributed by atoms with E-state index in [-0.39, 0.29) is 10.5 Å². The van der Waals surface area contributed by atoms with E-state index in [2.05, 4.69) is 0 Å². The molecule has 0 aromatic heterocycles. The van der Waals surface area contributed by atoms with Gasteiger partial charge >= 0.3 is 0 Å². The van der Waals surface area contributed by atoms with Crippen LogP contribution in [0, 0.1) is 6.92 Å². The fraction of sp³-hybridized carbons (Fsp3) is 0.0500. The maximum Gasteiger partial charge on any atom is 0.269 e. The van der Waals surface area contributed by atoms with E-state index in [1.54, 1.807) is 60.7 Å². The highest BCUT2D eigenvalue weighted by molar-refractivity contribution is 7.93. The Morgan fingerprint density at radius 2 is 1.32 bits per heavy atom. The second-order valence-corrected chi connectivity index (χ2v) is 7.35. The molecular formula is C20H17NO3S. The van der Waals surface area contributed by atoms with E-state index in [0.29, 0.717) is 17.7 Å². The van der Waals surface area contributed by atoms with Crippen molar-refractivity contribution in [3.63, 3.8) is 0 Å². The Kier molecular flexibility index (Phi) is 4.67. The first-order valence-electron chi connectivity index (χ1n) is 7.75. The highest BCUT2D eigenvalue weighted by atomic mass is 32.2. The third-order valence-corrected chi connectivity index (χ3v) is 5.62. The van der Waals surface area contributed by atoms with Crippen LogP contribution in [0.3, 0.4) is 0 Å². The Labute approximate surface area is 147 Å². The van der Waals surface area contributed by atoms with Gasteiger partial charge in [-0.2, -0.15) is 0 Å². The Bertz CT molecular complexity index is 944. The summed E-state index contributed by atoms with van der Waals surface area (Å²) in [5, 5.41) is 0. The summed E-state index contributed by atoms with van der Waals surface area (Å²) in [5.74, 6) is 0. The van der Waals surface area contributed by atoms with Crippen molar-refractivity contribution < 1.29 is 13.2 Å². The molecule has 0 bridgehead atoms. The van der Waals surface area contributed by atoms with E-state index in [1.165, 1.54) is 10.4 Å². The van der Waals surface area contributed by atoms with E-state index in [9.17, 15) is 13.2 Å². The number of carbonyl (C=O) groups excluding carboxylic acids is 1. The molecule has 0 N–H and O–H groups in total. The van der Waals surface area contributed by atoms with E-state index in [1.807, 2.05) is 19.1 Å². The minimum Gasteiger partial charge on any atom is -0.298 e. The molecule has 0 atom stereocenters. The van der Waals surface area contributed by atoms with Gasteiger partial charge in [-0.15, -0.1) is 0 Å². The lowest BCUT2D eigenvalue weighted by Gasteiger charge is -2.25. The molecule has 0 aliphatic heterocycles. The van der Waals surface area contributed by atoms with Crippen LogP contribution in [0.25, 0.3) is 0 Å². The second-order valence-electron chi connectivity index (χ2n) is 5.60. The van der Waals surface area contributed by atoms with Crippen LogP contribution in [0.5, 0.6) is 0 Å². The average Bonchev–Trinajstić information content (AvgIpc) is 2.63. The molecule has 4 nitrogen and oxygen atoms in total. The molecule has 0 saturated carbocycles. The standard InChI is InChI=1S/C20H17NO3S/c1-16-12-13-20(17(14-16)15-22)25(23,24)21(18-8-4-2-5-9-18)19-10-6-3-7-11-19/h2-15H,1H3. The van der Waals surface area contributed by atoms with Crippen LogP contribution in [0.4, 0.5) is 11.4 Å².